The average molecular weight is 827 g/mol. The Balaban J connectivity index is 1.10. The van der Waals surface area contributed by atoms with Crippen LogP contribution in [0.3, 0.4) is 0 Å². The molecule has 12 aromatic rings. The highest BCUT2D eigenvalue weighted by Crippen LogP contribution is 2.58. The Kier molecular flexibility index (Phi) is 8.47. The fraction of sp³-hybridized carbons (Fsp3) is 0.0159. The molecule has 0 bridgehead atoms. The fourth-order valence-electron chi connectivity index (χ4n) is 11.2. The summed E-state index contributed by atoms with van der Waals surface area (Å²) >= 11 is 0. The predicted molar refractivity (Wildman–Crippen MR) is 273 cm³/mol. The molecule has 0 fully saturated rings. The highest BCUT2D eigenvalue weighted by atomic mass is 15.1. The fourth-order valence-corrected chi connectivity index (χ4v) is 11.2. The smallest absolute Gasteiger partial charge is 0.0734 e. The lowest BCUT2D eigenvalue weighted by atomic mass is 9.67. The van der Waals surface area contributed by atoms with E-state index in [9.17, 15) is 0 Å². The molecule has 1 aliphatic carbocycles. The normalized spacial score (nSPS) is 12.7. The molecule has 0 saturated heterocycles. The average Bonchev–Trinajstić information content (AvgIpc) is 3.88. The molecule has 0 atom stereocenters. The van der Waals surface area contributed by atoms with Crippen LogP contribution in [0.1, 0.15) is 22.3 Å². The molecule has 0 aliphatic heterocycles. The maximum absolute atomic E-state index is 2.55. The largest absolute Gasteiger partial charge is 0.309 e. The van der Waals surface area contributed by atoms with E-state index in [4.69, 9.17) is 0 Å². The van der Waals surface area contributed by atoms with Gasteiger partial charge in [0.2, 0.25) is 0 Å². The van der Waals surface area contributed by atoms with E-state index in [0.29, 0.717) is 0 Å². The van der Waals surface area contributed by atoms with Crippen molar-refractivity contribution in [3.05, 3.63) is 277 Å². The van der Waals surface area contributed by atoms with Gasteiger partial charge in [0.25, 0.3) is 0 Å². The predicted octanol–water partition coefficient (Wildman–Crippen LogP) is 16.6. The summed E-state index contributed by atoms with van der Waals surface area (Å²) < 4.78 is 2.55. The lowest BCUT2D eigenvalue weighted by molar-refractivity contribution is 0.762. The van der Waals surface area contributed by atoms with Crippen LogP contribution in [-0.2, 0) is 5.41 Å². The van der Waals surface area contributed by atoms with Gasteiger partial charge >= 0.3 is 0 Å². The van der Waals surface area contributed by atoms with Crippen LogP contribution >= 0.6 is 0 Å². The van der Waals surface area contributed by atoms with E-state index in [0.717, 1.165) is 28.2 Å². The Labute approximate surface area is 378 Å². The van der Waals surface area contributed by atoms with Crippen molar-refractivity contribution >= 4 is 60.4 Å². The van der Waals surface area contributed by atoms with E-state index >= 15 is 0 Å². The van der Waals surface area contributed by atoms with Gasteiger partial charge in [-0.3, -0.25) is 0 Å². The van der Waals surface area contributed by atoms with Crippen molar-refractivity contribution in [1.82, 2.24) is 4.57 Å². The summed E-state index contributed by atoms with van der Waals surface area (Å²) in [4.78, 5) is 2.48. The number of aromatic nitrogens is 1. The van der Waals surface area contributed by atoms with E-state index in [-0.39, 0.29) is 0 Å². The van der Waals surface area contributed by atoms with Crippen molar-refractivity contribution in [3.8, 4) is 27.9 Å². The molecule has 0 unspecified atom stereocenters. The van der Waals surface area contributed by atoms with Crippen LogP contribution < -0.4 is 4.90 Å². The molecular formula is C63H42N2. The highest BCUT2D eigenvalue weighted by molar-refractivity contribution is 6.12. The molecule has 0 spiro atoms. The molecular weight excluding hydrogens is 785 g/mol. The van der Waals surface area contributed by atoms with Crippen LogP contribution in [0.5, 0.6) is 0 Å². The number of benzene rings is 11. The molecule has 2 nitrogen and oxygen atoms in total. The number of anilines is 3. The molecule has 304 valence electrons. The van der Waals surface area contributed by atoms with Gasteiger partial charge in [-0.1, -0.05) is 218 Å². The standard InChI is InChI=1S/C63H42N2/c1-3-24-46(25-4-1)63(47-26-5-2-6-27-47)55-34-14-11-31-51(55)54-33-19-39-60(62(54)63)65-59-36-16-13-32-52(59)53-41-40-45(42-61(53)65)50-30-12-15-35-56(50)64(57-37-17-22-43-20-7-9-28-48(43)57)58-38-18-23-44-21-8-10-29-49(44)58/h1-42H. The number of fused-ring (bicyclic) bond motifs is 8. The maximum Gasteiger partial charge on any atom is 0.0734 e. The van der Waals surface area contributed by atoms with Gasteiger partial charge in [-0.2, -0.15) is 0 Å². The van der Waals surface area contributed by atoms with E-state index in [2.05, 4.69) is 264 Å². The second-order valence-corrected chi connectivity index (χ2v) is 17.2. The minimum Gasteiger partial charge on any atom is -0.309 e. The number of nitrogens with zero attached hydrogens (tertiary/aromatic N) is 2. The molecule has 13 rings (SSSR count). The first-order valence-electron chi connectivity index (χ1n) is 22.5. The van der Waals surface area contributed by atoms with E-state index in [1.165, 1.54) is 82.4 Å². The van der Waals surface area contributed by atoms with Gasteiger partial charge in [0.1, 0.15) is 0 Å². The molecule has 2 heteroatoms. The molecule has 1 aliphatic rings. The van der Waals surface area contributed by atoms with Crippen molar-refractivity contribution in [1.29, 1.82) is 0 Å². The maximum atomic E-state index is 2.55. The molecule has 0 radical (unpaired) electrons. The monoisotopic (exact) mass is 826 g/mol. The van der Waals surface area contributed by atoms with Gasteiger partial charge in [-0.05, 0) is 80.6 Å². The first kappa shape index (κ1) is 37.1. The summed E-state index contributed by atoms with van der Waals surface area (Å²) in [7, 11) is 0. The van der Waals surface area contributed by atoms with Crippen LogP contribution in [0.4, 0.5) is 17.1 Å². The zero-order valence-corrected chi connectivity index (χ0v) is 35.6. The number of hydrogen-bond acceptors (Lipinski definition) is 1. The Morgan fingerprint density at radius 2 is 0.815 bits per heavy atom. The molecule has 1 heterocycles. The summed E-state index contributed by atoms with van der Waals surface area (Å²) in [6.45, 7) is 0. The van der Waals surface area contributed by atoms with Crippen LogP contribution in [0.15, 0.2) is 255 Å². The Bertz CT molecular complexity index is 3660. The van der Waals surface area contributed by atoms with Gasteiger partial charge in [0.05, 0.1) is 39.2 Å². The van der Waals surface area contributed by atoms with Gasteiger partial charge in [0, 0.05) is 32.7 Å². The SMILES string of the molecule is c1ccc(C2(c3ccccc3)c3ccccc3-c3cccc(-n4c5ccccc5c5ccc(-c6ccccc6N(c6cccc7ccccc67)c6cccc7ccccc67)cc54)c32)cc1. The van der Waals surface area contributed by atoms with Crippen LogP contribution in [0, 0.1) is 0 Å². The topological polar surface area (TPSA) is 8.17 Å². The Morgan fingerprint density at radius 1 is 0.323 bits per heavy atom. The molecule has 11 aromatic carbocycles. The number of para-hydroxylation sites is 2. The van der Waals surface area contributed by atoms with Gasteiger partial charge < -0.3 is 9.47 Å². The number of rotatable bonds is 7. The van der Waals surface area contributed by atoms with Gasteiger partial charge in [-0.15, -0.1) is 0 Å². The third-order valence-electron chi connectivity index (χ3n) is 13.8. The second-order valence-electron chi connectivity index (χ2n) is 17.2. The van der Waals surface area contributed by atoms with Crippen molar-refractivity contribution in [3.63, 3.8) is 0 Å². The lowest BCUT2D eigenvalue weighted by Crippen LogP contribution is -2.29. The van der Waals surface area contributed by atoms with E-state index in [1.807, 2.05) is 0 Å². The molecule has 1 aromatic heterocycles. The van der Waals surface area contributed by atoms with Crippen molar-refractivity contribution in [2.24, 2.45) is 0 Å². The van der Waals surface area contributed by atoms with Crippen LogP contribution in [-0.4, -0.2) is 4.57 Å². The Morgan fingerprint density at radius 3 is 1.51 bits per heavy atom. The summed E-state index contributed by atoms with van der Waals surface area (Å²) in [6.07, 6.45) is 0. The number of hydrogen-bond donors (Lipinski definition) is 0. The minimum atomic E-state index is -0.565. The quantitative estimate of drug-likeness (QED) is 0.155. The summed E-state index contributed by atoms with van der Waals surface area (Å²) in [5.74, 6) is 0. The molecule has 0 amide bonds. The highest BCUT2D eigenvalue weighted by Gasteiger charge is 2.48. The summed E-state index contributed by atoms with van der Waals surface area (Å²) in [5, 5.41) is 7.27. The van der Waals surface area contributed by atoms with E-state index < -0.39 is 5.41 Å². The summed E-state index contributed by atoms with van der Waals surface area (Å²) in [5.41, 5.74) is 16.3. The van der Waals surface area contributed by atoms with Crippen LogP contribution in [0.25, 0.3) is 71.3 Å². The summed E-state index contributed by atoms with van der Waals surface area (Å²) in [6, 6.07) is 94.0. The van der Waals surface area contributed by atoms with Crippen LogP contribution in [0.2, 0.25) is 0 Å². The second kappa shape index (κ2) is 14.8. The van der Waals surface area contributed by atoms with Gasteiger partial charge in [0.15, 0.2) is 0 Å². The third kappa shape index (κ3) is 5.54. The van der Waals surface area contributed by atoms with Crippen molar-refractivity contribution < 1.29 is 0 Å². The first-order chi connectivity index (χ1) is 32.3. The molecule has 65 heavy (non-hydrogen) atoms. The van der Waals surface area contributed by atoms with E-state index in [1.54, 1.807) is 0 Å². The third-order valence-corrected chi connectivity index (χ3v) is 13.8. The molecule has 0 saturated carbocycles. The lowest BCUT2D eigenvalue weighted by Gasteiger charge is -2.35. The van der Waals surface area contributed by atoms with Crippen molar-refractivity contribution in [2.75, 3.05) is 4.90 Å². The first-order valence-corrected chi connectivity index (χ1v) is 22.5. The minimum absolute atomic E-state index is 0.565. The molecule has 0 N–H and O–H groups in total. The zero-order chi connectivity index (χ0) is 42.9. The Hall–Kier alpha value is -8.46. The van der Waals surface area contributed by atoms with Gasteiger partial charge in [-0.25, -0.2) is 0 Å². The zero-order valence-electron chi connectivity index (χ0n) is 35.6. The van der Waals surface area contributed by atoms with Crippen molar-refractivity contribution in [2.45, 2.75) is 5.41 Å².